The van der Waals surface area contributed by atoms with E-state index in [1.165, 1.54) is 0 Å². The zero-order valence-electron chi connectivity index (χ0n) is 11.0. The Balaban J connectivity index is 2.17. The number of hydrogen-bond acceptors (Lipinski definition) is 2. The lowest BCUT2D eigenvalue weighted by Crippen LogP contribution is -2.48. The van der Waals surface area contributed by atoms with Gasteiger partial charge in [0.25, 0.3) is 0 Å². The third kappa shape index (κ3) is 2.73. The second kappa shape index (κ2) is 5.87. The predicted octanol–water partition coefficient (Wildman–Crippen LogP) is 3.93. The Morgan fingerprint density at radius 1 is 1.16 bits per heavy atom. The summed E-state index contributed by atoms with van der Waals surface area (Å²) in [5.74, 6) is -0.365. The van der Waals surface area contributed by atoms with Crippen LogP contribution in [0.5, 0.6) is 0 Å². The average Bonchev–Trinajstić information content (AvgIpc) is 2.42. The van der Waals surface area contributed by atoms with Gasteiger partial charge >= 0.3 is 0 Å². The predicted molar refractivity (Wildman–Crippen MR) is 79.8 cm³/mol. The van der Waals surface area contributed by atoms with Crippen LogP contribution < -0.4 is 5.32 Å². The Hall–Kier alpha value is -1.16. The quantitative estimate of drug-likeness (QED) is 0.507. The van der Waals surface area contributed by atoms with Crippen molar-refractivity contribution in [1.29, 1.82) is 0 Å². The standard InChI is InChI=1S/C15H18BrNO2/c1-2-3-4-7-10-15(16)13(18)11-8-5-6-9-12(11)17-14(15)19/h5-6,8-9H,2-4,7,10H2,1H3,(H,17,19). The highest BCUT2D eigenvalue weighted by molar-refractivity contribution is 9.10. The number of amides is 1. The van der Waals surface area contributed by atoms with Crippen molar-refractivity contribution in [1.82, 2.24) is 0 Å². The normalized spacial score (nSPS) is 22.0. The summed E-state index contributed by atoms with van der Waals surface area (Å²) in [5, 5.41) is 2.82. The van der Waals surface area contributed by atoms with Crippen LogP contribution in [0.1, 0.15) is 49.4 Å². The van der Waals surface area contributed by atoms with E-state index in [0.717, 1.165) is 25.7 Å². The molecule has 0 aliphatic carbocycles. The maximum atomic E-state index is 12.5. The average molecular weight is 324 g/mol. The third-order valence-electron chi connectivity index (χ3n) is 3.51. The number of halogens is 1. The first kappa shape index (κ1) is 14.3. The number of benzene rings is 1. The van der Waals surface area contributed by atoms with Gasteiger partial charge in [-0.2, -0.15) is 0 Å². The summed E-state index contributed by atoms with van der Waals surface area (Å²) in [6, 6.07) is 7.15. The van der Waals surface area contributed by atoms with Crippen molar-refractivity contribution >= 4 is 33.3 Å². The highest BCUT2D eigenvalue weighted by atomic mass is 79.9. The number of hydrogen-bond donors (Lipinski definition) is 1. The Labute approximate surface area is 121 Å². The van der Waals surface area contributed by atoms with Crippen LogP contribution in [0.25, 0.3) is 0 Å². The van der Waals surface area contributed by atoms with E-state index in [4.69, 9.17) is 0 Å². The topological polar surface area (TPSA) is 46.2 Å². The molecule has 1 amide bonds. The number of fused-ring (bicyclic) bond motifs is 1. The highest BCUT2D eigenvalue weighted by Gasteiger charge is 2.47. The molecular formula is C15H18BrNO2. The minimum atomic E-state index is -1.09. The molecule has 1 aromatic rings. The van der Waals surface area contributed by atoms with Crippen LogP contribution in [0, 0.1) is 0 Å². The summed E-state index contributed by atoms with van der Waals surface area (Å²) in [7, 11) is 0. The zero-order valence-corrected chi connectivity index (χ0v) is 12.6. The molecule has 0 spiro atoms. The van der Waals surface area contributed by atoms with Gasteiger partial charge < -0.3 is 5.32 Å². The van der Waals surface area contributed by atoms with Gasteiger partial charge in [0.2, 0.25) is 5.91 Å². The van der Waals surface area contributed by atoms with E-state index < -0.39 is 4.32 Å². The fourth-order valence-electron chi connectivity index (χ4n) is 2.35. The molecular weight excluding hydrogens is 306 g/mol. The second-order valence-electron chi connectivity index (χ2n) is 4.94. The molecule has 1 aliphatic rings. The van der Waals surface area contributed by atoms with E-state index in [-0.39, 0.29) is 11.7 Å². The molecule has 1 aromatic carbocycles. The van der Waals surface area contributed by atoms with Crippen molar-refractivity contribution in [3.8, 4) is 0 Å². The van der Waals surface area contributed by atoms with Gasteiger partial charge in [0.15, 0.2) is 10.1 Å². The number of nitrogens with one attached hydrogen (secondary N) is 1. The summed E-state index contributed by atoms with van der Waals surface area (Å²) in [5.41, 5.74) is 1.20. The first-order valence-corrected chi connectivity index (χ1v) is 7.53. The van der Waals surface area contributed by atoms with Crippen LogP contribution in [0.15, 0.2) is 24.3 Å². The lowest BCUT2D eigenvalue weighted by Gasteiger charge is -2.30. The van der Waals surface area contributed by atoms with Crippen LogP contribution in [0.2, 0.25) is 0 Å². The van der Waals surface area contributed by atoms with Gasteiger partial charge in [-0.15, -0.1) is 0 Å². The van der Waals surface area contributed by atoms with Crippen molar-refractivity contribution in [2.45, 2.75) is 43.4 Å². The Kier molecular flexibility index (Phi) is 4.40. The molecule has 0 radical (unpaired) electrons. The summed E-state index contributed by atoms with van der Waals surface area (Å²) in [6.45, 7) is 2.14. The summed E-state index contributed by atoms with van der Waals surface area (Å²) in [4.78, 5) is 24.7. The minimum absolute atomic E-state index is 0.122. The molecule has 1 atom stereocenters. The number of anilines is 1. The summed E-state index contributed by atoms with van der Waals surface area (Å²) in [6.07, 6.45) is 4.74. The lowest BCUT2D eigenvalue weighted by molar-refractivity contribution is -0.117. The molecule has 4 heteroatoms. The van der Waals surface area contributed by atoms with Crippen molar-refractivity contribution < 1.29 is 9.59 Å². The number of rotatable bonds is 5. The monoisotopic (exact) mass is 323 g/mol. The second-order valence-corrected chi connectivity index (χ2v) is 6.29. The Morgan fingerprint density at radius 2 is 1.89 bits per heavy atom. The number of carbonyl (C=O) groups is 2. The smallest absolute Gasteiger partial charge is 0.249 e. The molecule has 3 nitrogen and oxygen atoms in total. The maximum absolute atomic E-state index is 12.5. The van der Waals surface area contributed by atoms with Crippen LogP contribution in [-0.4, -0.2) is 16.0 Å². The van der Waals surface area contributed by atoms with Gasteiger partial charge in [-0.3, -0.25) is 9.59 Å². The van der Waals surface area contributed by atoms with Crippen molar-refractivity contribution in [3.05, 3.63) is 29.8 Å². The number of Topliss-reactive ketones (excluding diaryl/α,β-unsaturated/α-hetero) is 1. The van der Waals surface area contributed by atoms with Crippen molar-refractivity contribution in [3.63, 3.8) is 0 Å². The van der Waals surface area contributed by atoms with Gasteiger partial charge in [-0.1, -0.05) is 60.7 Å². The largest absolute Gasteiger partial charge is 0.324 e. The van der Waals surface area contributed by atoms with E-state index in [1.807, 2.05) is 12.1 Å². The number of alkyl halides is 1. The third-order valence-corrected chi connectivity index (χ3v) is 4.63. The fourth-order valence-corrected chi connectivity index (χ4v) is 2.94. The van der Waals surface area contributed by atoms with Gasteiger partial charge in [-0.05, 0) is 18.6 Å². The summed E-state index contributed by atoms with van der Waals surface area (Å²) >= 11 is 3.39. The number of para-hydroxylation sites is 1. The first-order valence-electron chi connectivity index (χ1n) is 6.74. The molecule has 0 saturated heterocycles. The van der Waals surface area contributed by atoms with Gasteiger partial charge in [0.1, 0.15) is 0 Å². The molecule has 0 fully saturated rings. The fraction of sp³-hybridized carbons (Fsp3) is 0.467. The molecule has 0 saturated carbocycles. The molecule has 1 aliphatic heterocycles. The van der Waals surface area contributed by atoms with E-state index in [2.05, 4.69) is 28.2 Å². The van der Waals surface area contributed by atoms with Crippen molar-refractivity contribution in [2.24, 2.45) is 0 Å². The molecule has 1 heterocycles. The Morgan fingerprint density at radius 3 is 2.63 bits per heavy atom. The van der Waals surface area contributed by atoms with Crippen molar-refractivity contribution in [2.75, 3.05) is 5.32 Å². The lowest BCUT2D eigenvalue weighted by atomic mass is 9.87. The van der Waals surface area contributed by atoms with Crippen LogP contribution in [0.3, 0.4) is 0 Å². The van der Waals surface area contributed by atoms with Gasteiger partial charge in [0, 0.05) is 5.56 Å². The molecule has 102 valence electrons. The van der Waals surface area contributed by atoms with Crippen LogP contribution in [0.4, 0.5) is 5.69 Å². The van der Waals surface area contributed by atoms with E-state index >= 15 is 0 Å². The number of unbranched alkanes of at least 4 members (excludes halogenated alkanes) is 3. The Bertz CT molecular complexity index is 501. The molecule has 1 unspecified atom stereocenters. The number of ketones is 1. The molecule has 0 aromatic heterocycles. The van der Waals surface area contributed by atoms with E-state index in [9.17, 15) is 9.59 Å². The number of carbonyl (C=O) groups excluding carboxylic acids is 2. The molecule has 19 heavy (non-hydrogen) atoms. The summed E-state index contributed by atoms with van der Waals surface area (Å²) < 4.78 is -1.09. The van der Waals surface area contributed by atoms with Crippen LogP contribution >= 0.6 is 15.9 Å². The van der Waals surface area contributed by atoms with E-state index in [0.29, 0.717) is 17.7 Å². The van der Waals surface area contributed by atoms with E-state index in [1.54, 1.807) is 12.1 Å². The SMILES string of the molecule is CCCCCCC1(Br)C(=O)Nc2ccccc2C1=O. The molecule has 0 bridgehead atoms. The van der Waals surface area contributed by atoms with Gasteiger partial charge in [-0.25, -0.2) is 0 Å². The highest BCUT2D eigenvalue weighted by Crippen LogP contribution is 2.37. The minimum Gasteiger partial charge on any atom is -0.324 e. The first-order chi connectivity index (χ1) is 9.09. The molecule has 2 rings (SSSR count). The van der Waals surface area contributed by atoms with Gasteiger partial charge in [0.05, 0.1) is 5.69 Å². The molecule has 1 N–H and O–H groups in total. The zero-order chi connectivity index (χ0) is 13.9. The van der Waals surface area contributed by atoms with Crippen LogP contribution in [-0.2, 0) is 4.79 Å². The maximum Gasteiger partial charge on any atom is 0.249 e.